The fourth-order valence-corrected chi connectivity index (χ4v) is 3.02. The monoisotopic (exact) mass is 261 g/mol. The summed E-state index contributed by atoms with van der Waals surface area (Å²) in [5.41, 5.74) is 6.80. The average Bonchev–Trinajstić information content (AvgIpc) is 2.88. The third kappa shape index (κ3) is 2.45. The molecule has 0 saturated heterocycles. The summed E-state index contributed by atoms with van der Waals surface area (Å²) in [6.45, 7) is 0.771. The lowest BCUT2D eigenvalue weighted by Crippen LogP contribution is -2.34. The van der Waals surface area contributed by atoms with Gasteiger partial charge in [-0.3, -0.25) is 4.79 Å². The van der Waals surface area contributed by atoms with Crippen LogP contribution in [0.5, 0.6) is 11.5 Å². The maximum atomic E-state index is 12.3. The lowest BCUT2D eigenvalue weighted by molar-refractivity contribution is -0.128. The third-order valence-corrected chi connectivity index (χ3v) is 4.11. The summed E-state index contributed by atoms with van der Waals surface area (Å²) >= 11 is 0. The molecule has 1 saturated carbocycles. The van der Waals surface area contributed by atoms with Gasteiger partial charge in [-0.2, -0.15) is 0 Å². The number of ether oxygens (including phenoxy) is 2. The zero-order chi connectivity index (χ0) is 13.2. The SMILES string of the molecule is NCC1CCCC(Cc2ccc3c(c2)OCO3)C1=O. The number of ketones is 1. The van der Waals surface area contributed by atoms with Crippen LogP contribution in [0.15, 0.2) is 18.2 Å². The van der Waals surface area contributed by atoms with Crippen LogP contribution in [0.3, 0.4) is 0 Å². The molecule has 102 valence electrons. The Bertz CT molecular complexity index is 486. The maximum Gasteiger partial charge on any atom is 0.231 e. The molecule has 4 nitrogen and oxygen atoms in total. The molecule has 4 heteroatoms. The molecule has 2 aliphatic rings. The molecule has 1 aliphatic carbocycles. The Morgan fingerprint density at radius 1 is 1.16 bits per heavy atom. The number of nitrogens with two attached hydrogens (primary N) is 1. The van der Waals surface area contributed by atoms with Crippen molar-refractivity contribution in [3.63, 3.8) is 0 Å². The van der Waals surface area contributed by atoms with E-state index in [9.17, 15) is 4.79 Å². The van der Waals surface area contributed by atoms with Crippen LogP contribution >= 0.6 is 0 Å². The Balaban J connectivity index is 1.72. The molecule has 19 heavy (non-hydrogen) atoms. The predicted molar refractivity (Wildman–Crippen MR) is 71.2 cm³/mol. The van der Waals surface area contributed by atoms with Crippen molar-refractivity contribution in [3.05, 3.63) is 23.8 Å². The van der Waals surface area contributed by atoms with Gasteiger partial charge >= 0.3 is 0 Å². The smallest absolute Gasteiger partial charge is 0.231 e. The molecule has 0 bridgehead atoms. The normalized spacial score (nSPS) is 25.6. The molecule has 1 fully saturated rings. The van der Waals surface area contributed by atoms with Gasteiger partial charge in [-0.1, -0.05) is 12.5 Å². The molecular weight excluding hydrogens is 242 g/mol. The van der Waals surface area contributed by atoms with E-state index in [-0.39, 0.29) is 18.6 Å². The minimum Gasteiger partial charge on any atom is -0.454 e. The Labute approximate surface area is 112 Å². The summed E-state index contributed by atoms with van der Waals surface area (Å²) in [5.74, 6) is 2.09. The molecule has 0 aromatic heterocycles. The summed E-state index contributed by atoms with van der Waals surface area (Å²) in [6.07, 6.45) is 3.81. The number of hydrogen-bond acceptors (Lipinski definition) is 4. The second-order valence-electron chi connectivity index (χ2n) is 5.35. The topological polar surface area (TPSA) is 61.6 Å². The summed E-state index contributed by atoms with van der Waals surface area (Å²) in [4.78, 5) is 12.3. The molecule has 0 radical (unpaired) electrons. The zero-order valence-electron chi connectivity index (χ0n) is 10.9. The van der Waals surface area contributed by atoms with Crippen molar-refractivity contribution in [2.75, 3.05) is 13.3 Å². The highest BCUT2D eigenvalue weighted by Crippen LogP contribution is 2.34. The molecule has 0 spiro atoms. The van der Waals surface area contributed by atoms with Crippen LogP contribution in [0.4, 0.5) is 0 Å². The molecular formula is C15H19NO3. The molecule has 1 aromatic carbocycles. The van der Waals surface area contributed by atoms with Crippen molar-refractivity contribution in [2.24, 2.45) is 17.6 Å². The first-order valence-corrected chi connectivity index (χ1v) is 6.90. The zero-order valence-corrected chi connectivity index (χ0v) is 10.9. The van der Waals surface area contributed by atoms with Gasteiger partial charge in [0.25, 0.3) is 0 Å². The molecule has 0 amide bonds. The van der Waals surface area contributed by atoms with Gasteiger partial charge in [0.15, 0.2) is 11.5 Å². The van der Waals surface area contributed by atoms with Gasteiger partial charge in [0.1, 0.15) is 5.78 Å². The number of fused-ring (bicyclic) bond motifs is 1. The second kappa shape index (κ2) is 5.21. The van der Waals surface area contributed by atoms with E-state index in [4.69, 9.17) is 15.2 Å². The first-order chi connectivity index (χ1) is 9.28. The highest BCUT2D eigenvalue weighted by atomic mass is 16.7. The fraction of sp³-hybridized carbons (Fsp3) is 0.533. The predicted octanol–water partition coefficient (Wildman–Crippen LogP) is 1.90. The number of rotatable bonds is 3. The van der Waals surface area contributed by atoms with Gasteiger partial charge < -0.3 is 15.2 Å². The van der Waals surface area contributed by atoms with E-state index in [0.29, 0.717) is 12.3 Å². The van der Waals surface area contributed by atoms with Gasteiger partial charge in [-0.15, -0.1) is 0 Å². The van der Waals surface area contributed by atoms with Gasteiger partial charge in [-0.25, -0.2) is 0 Å². The highest BCUT2D eigenvalue weighted by molar-refractivity contribution is 5.84. The number of carbonyl (C=O) groups is 1. The minimum atomic E-state index is 0.0627. The van der Waals surface area contributed by atoms with Crippen molar-refractivity contribution in [3.8, 4) is 11.5 Å². The molecule has 1 aliphatic heterocycles. The Morgan fingerprint density at radius 2 is 1.95 bits per heavy atom. The van der Waals surface area contributed by atoms with Gasteiger partial charge in [0, 0.05) is 18.4 Å². The quantitative estimate of drug-likeness (QED) is 0.902. The van der Waals surface area contributed by atoms with E-state index in [2.05, 4.69) is 0 Å². The van der Waals surface area contributed by atoms with Crippen LogP contribution in [-0.4, -0.2) is 19.1 Å². The van der Waals surface area contributed by atoms with Gasteiger partial charge in [0.2, 0.25) is 6.79 Å². The molecule has 2 unspecified atom stereocenters. The van der Waals surface area contributed by atoms with Gasteiger partial charge in [0.05, 0.1) is 0 Å². The lowest BCUT2D eigenvalue weighted by Gasteiger charge is -2.27. The van der Waals surface area contributed by atoms with Crippen molar-refractivity contribution >= 4 is 5.78 Å². The summed E-state index contributed by atoms with van der Waals surface area (Å²) in [7, 11) is 0. The van der Waals surface area contributed by atoms with E-state index in [1.807, 2.05) is 18.2 Å². The van der Waals surface area contributed by atoms with E-state index in [1.165, 1.54) is 0 Å². The molecule has 2 N–H and O–H groups in total. The van der Waals surface area contributed by atoms with Crippen LogP contribution in [0.1, 0.15) is 24.8 Å². The van der Waals surface area contributed by atoms with E-state index in [1.54, 1.807) is 0 Å². The first kappa shape index (κ1) is 12.5. The largest absolute Gasteiger partial charge is 0.454 e. The maximum absolute atomic E-state index is 12.3. The third-order valence-electron chi connectivity index (χ3n) is 4.11. The summed E-state index contributed by atoms with van der Waals surface area (Å²) < 4.78 is 10.7. The average molecular weight is 261 g/mol. The Hall–Kier alpha value is -1.55. The van der Waals surface area contributed by atoms with Gasteiger partial charge in [-0.05, 0) is 37.0 Å². The molecule has 1 heterocycles. The van der Waals surface area contributed by atoms with Crippen molar-refractivity contribution in [1.82, 2.24) is 0 Å². The number of hydrogen-bond donors (Lipinski definition) is 1. The minimum absolute atomic E-state index is 0.0627. The fourth-order valence-electron chi connectivity index (χ4n) is 3.02. The summed E-state index contributed by atoms with van der Waals surface area (Å²) in [5, 5.41) is 0. The number of benzene rings is 1. The van der Waals surface area contributed by atoms with E-state index >= 15 is 0 Å². The molecule has 3 rings (SSSR count). The summed E-state index contributed by atoms with van der Waals surface area (Å²) in [6, 6.07) is 5.93. The highest BCUT2D eigenvalue weighted by Gasteiger charge is 2.30. The van der Waals surface area contributed by atoms with Crippen LogP contribution in [0.2, 0.25) is 0 Å². The number of carbonyl (C=O) groups excluding carboxylic acids is 1. The second-order valence-corrected chi connectivity index (χ2v) is 5.35. The van der Waals surface area contributed by atoms with Crippen LogP contribution in [-0.2, 0) is 11.2 Å². The Morgan fingerprint density at radius 3 is 2.79 bits per heavy atom. The van der Waals surface area contributed by atoms with Crippen LogP contribution < -0.4 is 15.2 Å². The van der Waals surface area contributed by atoms with Crippen molar-refractivity contribution < 1.29 is 14.3 Å². The van der Waals surface area contributed by atoms with E-state index in [0.717, 1.165) is 42.7 Å². The van der Waals surface area contributed by atoms with Crippen LogP contribution in [0.25, 0.3) is 0 Å². The lowest BCUT2D eigenvalue weighted by atomic mass is 9.77. The van der Waals surface area contributed by atoms with Crippen molar-refractivity contribution in [1.29, 1.82) is 0 Å². The molecule has 2 atom stereocenters. The Kier molecular flexibility index (Phi) is 3.42. The van der Waals surface area contributed by atoms with E-state index < -0.39 is 0 Å². The molecule has 1 aromatic rings. The number of Topliss-reactive ketones (excluding diaryl/α,β-unsaturated/α-hetero) is 1. The standard InChI is InChI=1S/C15H19NO3/c16-8-12-3-1-2-11(15(12)17)6-10-4-5-13-14(7-10)19-9-18-13/h4-5,7,11-12H,1-3,6,8-9,16H2. The first-order valence-electron chi connectivity index (χ1n) is 6.90. The van der Waals surface area contributed by atoms with Crippen LogP contribution in [0, 0.1) is 11.8 Å². The van der Waals surface area contributed by atoms with Crippen molar-refractivity contribution in [2.45, 2.75) is 25.7 Å².